The van der Waals surface area contributed by atoms with Crippen molar-refractivity contribution in [3.05, 3.63) is 0 Å². The van der Waals surface area contributed by atoms with Crippen LogP contribution in [0.25, 0.3) is 0 Å². The first-order chi connectivity index (χ1) is 8.09. The molecule has 1 saturated heterocycles. The monoisotopic (exact) mass is 242 g/mol. The van der Waals surface area contributed by atoms with Crippen molar-refractivity contribution in [2.45, 2.75) is 52.7 Å². The summed E-state index contributed by atoms with van der Waals surface area (Å²) in [4.78, 5) is 2.61. The van der Waals surface area contributed by atoms with Gasteiger partial charge in [0.25, 0.3) is 0 Å². The van der Waals surface area contributed by atoms with Crippen LogP contribution in [-0.2, 0) is 4.74 Å². The lowest BCUT2D eigenvalue weighted by atomic mass is 10.0. The normalized spacial score (nSPS) is 23.3. The van der Waals surface area contributed by atoms with Crippen LogP contribution < -0.4 is 5.32 Å². The third kappa shape index (κ3) is 6.39. The van der Waals surface area contributed by atoms with E-state index in [1.54, 1.807) is 0 Å². The van der Waals surface area contributed by atoms with E-state index in [-0.39, 0.29) is 0 Å². The molecule has 1 atom stereocenters. The Morgan fingerprint density at radius 1 is 1.29 bits per heavy atom. The lowest BCUT2D eigenvalue weighted by Gasteiger charge is -2.31. The van der Waals surface area contributed by atoms with Gasteiger partial charge in [-0.1, -0.05) is 13.8 Å². The van der Waals surface area contributed by atoms with Gasteiger partial charge < -0.3 is 10.1 Å². The second-order valence-electron chi connectivity index (χ2n) is 5.80. The van der Waals surface area contributed by atoms with Crippen molar-refractivity contribution in [2.24, 2.45) is 5.92 Å². The van der Waals surface area contributed by atoms with E-state index in [1.165, 1.54) is 19.4 Å². The molecule has 0 aromatic rings. The van der Waals surface area contributed by atoms with Crippen molar-refractivity contribution in [3.8, 4) is 0 Å². The number of hydrogen-bond acceptors (Lipinski definition) is 3. The number of nitrogens with one attached hydrogen (secondary N) is 1. The van der Waals surface area contributed by atoms with E-state index in [1.807, 2.05) is 0 Å². The molecule has 0 radical (unpaired) electrons. The van der Waals surface area contributed by atoms with Crippen molar-refractivity contribution in [3.63, 3.8) is 0 Å². The zero-order valence-corrected chi connectivity index (χ0v) is 12.0. The Bertz CT molecular complexity index is 195. The number of nitrogens with zero attached hydrogens (tertiary/aromatic N) is 1. The lowest BCUT2D eigenvalue weighted by Crippen LogP contribution is -2.42. The fraction of sp³-hybridized carbons (Fsp3) is 1.00. The second kappa shape index (κ2) is 8.06. The summed E-state index contributed by atoms with van der Waals surface area (Å²) >= 11 is 0. The van der Waals surface area contributed by atoms with Crippen LogP contribution in [0.15, 0.2) is 0 Å². The fourth-order valence-corrected chi connectivity index (χ4v) is 2.46. The van der Waals surface area contributed by atoms with Gasteiger partial charge in [0.05, 0.1) is 12.7 Å². The highest BCUT2D eigenvalue weighted by atomic mass is 16.5. The average Bonchev–Trinajstić information content (AvgIpc) is 2.43. The van der Waals surface area contributed by atoms with E-state index in [4.69, 9.17) is 4.74 Å². The number of rotatable bonds is 6. The van der Waals surface area contributed by atoms with Gasteiger partial charge in [-0.15, -0.1) is 0 Å². The largest absolute Gasteiger partial charge is 0.377 e. The Kier molecular flexibility index (Phi) is 7.09. The summed E-state index contributed by atoms with van der Waals surface area (Å²) in [5.41, 5.74) is 0. The van der Waals surface area contributed by atoms with Crippen LogP contribution in [0.5, 0.6) is 0 Å². The predicted octanol–water partition coefficient (Wildman–Crippen LogP) is 2.12. The minimum Gasteiger partial charge on any atom is -0.377 e. The molecule has 0 aromatic heterocycles. The topological polar surface area (TPSA) is 24.5 Å². The van der Waals surface area contributed by atoms with Crippen LogP contribution in [0.3, 0.4) is 0 Å². The Morgan fingerprint density at radius 3 is 2.71 bits per heavy atom. The summed E-state index contributed by atoms with van der Waals surface area (Å²) < 4.78 is 5.68. The Labute approximate surface area is 107 Å². The van der Waals surface area contributed by atoms with Crippen LogP contribution in [0.2, 0.25) is 0 Å². The first-order valence-electron chi connectivity index (χ1n) is 7.16. The third-order valence-electron chi connectivity index (χ3n) is 3.27. The average molecular weight is 242 g/mol. The maximum Gasteiger partial charge on any atom is 0.0597 e. The highest BCUT2D eigenvalue weighted by Crippen LogP contribution is 2.13. The molecule has 1 aliphatic heterocycles. The van der Waals surface area contributed by atoms with Crippen LogP contribution in [0.4, 0.5) is 0 Å². The molecule has 0 saturated carbocycles. The molecule has 0 spiro atoms. The molecule has 3 heteroatoms. The van der Waals surface area contributed by atoms with E-state index in [9.17, 15) is 0 Å². The molecule has 17 heavy (non-hydrogen) atoms. The summed E-state index contributed by atoms with van der Waals surface area (Å²) in [6, 6.07) is 0.688. The molecule has 3 nitrogen and oxygen atoms in total. The van der Waals surface area contributed by atoms with Gasteiger partial charge in [0.2, 0.25) is 0 Å². The summed E-state index contributed by atoms with van der Waals surface area (Å²) in [7, 11) is 0. The van der Waals surface area contributed by atoms with Gasteiger partial charge in [-0.25, -0.2) is 0 Å². The van der Waals surface area contributed by atoms with Crippen LogP contribution in [0, 0.1) is 5.92 Å². The fourth-order valence-electron chi connectivity index (χ4n) is 2.46. The zero-order valence-electron chi connectivity index (χ0n) is 12.0. The van der Waals surface area contributed by atoms with Crippen molar-refractivity contribution >= 4 is 0 Å². The van der Waals surface area contributed by atoms with Gasteiger partial charge >= 0.3 is 0 Å². The molecule has 0 amide bonds. The Balaban J connectivity index is 2.38. The Morgan fingerprint density at radius 2 is 2.06 bits per heavy atom. The first kappa shape index (κ1) is 14.9. The maximum absolute atomic E-state index is 5.68. The second-order valence-corrected chi connectivity index (χ2v) is 5.80. The first-order valence-corrected chi connectivity index (χ1v) is 7.16. The van der Waals surface area contributed by atoms with Crippen LogP contribution in [-0.4, -0.2) is 49.8 Å². The molecule has 1 unspecified atom stereocenters. The van der Waals surface area contributed by atoms with Gasteiger partial charge in [0, 0.05) is 19.1 Å². The molecule has 0 bridgehead atoms. The molecular weight excluding hydrogens is 212 g/mol. The molecule has 1 rings (SSSR count). The van der Waals surface area contributed by atoms with Gasteiger partial charge in [-0.2, -0.15) is 0 Å². The summed E-state index contributed by atoms with van der Waals surface area (Å²) in [5, 5.41) is 3.55. The third-order valence-corrected chi connectivity index (χ3v) is 3.27. The van der Waals surface area contributed by atoms with Crippen molar-refractivity contribution < 1.29 is 4.74 Å². The van der Waals surface area contributed by atoms with E-state index in [0.717, 1.165) is 32.2 Å². The summed E-state index contributed by atoms with van der Waals surface area (Å²) in [6.45, 7) is 14.3. The van der Waals surface area contributed by atoms with E-state index < -0.39 is 0 Å². The van der Waals surface area contributed by atoms with E-state index >= 15 is 0 Å². The lowest BCUT2D eigenvalue weighted by molar-refractivity contribution is 0.0481. The van der Waals surface area contributed by atoms with Crippen molar-refractivity contribution in [2.75, 3.05) is 32.8 Å². The number of ether oxygens (including phenoxy) is 1. The van der Waals surface area contributed by atoms with Crippen LogP contribution in [0.1, 0.15) is 40.5 Å². The smallest absolute Gasteiger partial charge is 0.0597 e. The zero-order chi connectivity index (χ0) is 12.7. The van der Waals surface area contributed by atoms with E-state index in [2.05, 4.69) is 37.9 Å². The quantitative estimate of drug-likeness (QED) is 0.772. The minimum absolute atomic E-state index is 0.351. The highest BCUT2D eigenvalue weighted by Gasteiger charge is 2.21. The molecule has 1 heterocycles. The van der Waals surface area contributed by atoms with Gasteiger partial charge in [0.1, 0.15) is 0 Å². The maximum atomic E-state index is 5.68. The summed E-state index contributed by atoms with van der Waals surface area (Å²) in [5.74, 6) is 0.772. The molecule has 1 fully saturated rings. The minimum atomic E-state index is 0.351. The van der Waals surface area contributed by atoms with Gasteiger partial charge in [0.15, 0.2) is 0 Å². The molecule has 1 N–H and O–H groups in total. The molecule has 1 aliphatic rings. The molecule has 0 aliphatic carbocycles. The number of hydrogen-bond donors (Lipinski definition) is 1. The SMILES string of the molecule is CC(C)CC1CNCCCN1CCOC(C)C. The van der Waals surface area contributed by atoms with Crippen molar-refractivity contribution in [1.29, 1.82) is 0 Å². The predicted molar refractivity (Wildman–Crippen MR) is 73.4 cm³/mol. The van der Waals surface area contributed by atoms with Crippen molar-refractivity contribution in [1.82, 2.24) is 10.2 Å². The molecule has 102 valence electrons. The van der Waals surface area contributed by atoms with E-state index in [0.29, 0.717) is 12.1 Å². The van der Waals surface area contributed by atoms with Gasteiger partial charge in [-0.3, -0.25) is 4.90 Å². The van der Waals surface area contributed by atoms with Crippen LogP contribution >= 0.6 is 0 Å². The Hall–Kier alpha value is -0.120. The highest BCUT2D eigenvalue weighted by molar-refractivity contribution is 4.78. The summed E-state index contributed by atoms with van der Waals surface area (Å²) in [6.07, 6.45) is 2.90. The molecule has 0 aromatic carbocycles. The van der Waals surface area contributed by atoms with Gasteiger partial charge in [-0.05, 0) is 45.7 Å². The standard InChI is InChI=1S/C14H30N2O/c1-12(2)10-14-11-15-6-5-7-16(14)8-9-17-13(3)4/h12-15H,5-11H2,1-4H3. The molecular formula is C14H30N2O.